The largest absolute Gasteiger partial charge is 0.379 e. The summed E-state index contributed by atoms with van der Waals surface area (Å²) in [5.41, 5.74) is 2.76. The van der Waals surface area contributed by atoms with E-state index in [1.807, 2.05) is 36.8 Å². The molecule has 0 amide bonds. The number of morpholine rings is 1. The van der Waals surface area contributed by atoms with Crippen LogP contribution in [-0.2, 0) is 27.8 Å². The first kappa shape index (κ1) is 24.9. The number of sulfonamides is 1. The Morgan fingerprint density at radius 2 is 1.89 bits per heavy atom. The highest BCUT2D eigenvalue weighted by Gasteiger charge is 2.26. The number of hydrogen-bond acceptors (Lipinski definition) is 6. The van der Waals surface area contributed by atoms with Gasteiger partial charge in [-0.25, -0.2) is 18.4 Å². The minimum Gasteiger partial charge on any atom is -0.379 e. The summed E-state index contributed by atoms with van der Waals surface area (Å²) in [6, 6.07) is 14.5. The van der Waals surface area contributed by atoms with Crippen LogP contribution in [0, 0.1) is 0 Å². The Morgan fingerprint density at radius 3 is 2.61 bits per heavy atom. The second kappa shape index (κ2) is 11.1. The van der Waals surface area contributed by atoms with Gasteiger partial charge in [0, 0.05) is 54.5 Å². The number of ether oxygens (including phenoxy) is 1. The maximum absolute atomic E-state index is 12.9. The molecule has 0 N–H and O–H groups in total. The molecule has 4 aromatic rings. The summed E-state index contributed by atoms with van der Waals surface area (Å²) in [7, 11) is -3.54. The van der Waals surface area contributed by atoms with E-state index in [0.717, 1.165) is 35.6 Å². The van der Waals surface area contributed by atoms with Crippen LogP contribution in [0.15, 0.2) is 82.5 Å². The minimum atomic E-state index is -3.54. The summed E-state index contributed by atoms with van der Waals surface area (Å²) in [6.07, 6.45) is 6.44. The lowest BCUT2D eigenvalue weighted by Crippen LogP contribution is -2.40. The molecule has 188 valence electrons. The van der Waals surface area contributed by atoms with Crippen LogP contribution >= 0.6 is 22.9 Å². The van der Waals surface area contributed by atoms with E-state index in [0.29, 0.717) is 37.0 Å². The van der Waals surface area contributed by atoms with Crippen molar-refractivity contribution in [1.82, 2.24) is 18.4 Å². The quantitative estimate of drug-likeness (QED) is 0.329. The average Bonchev–Trinajstić information content (AvgIpc) is 3.55. The Hall–Kier alpha value is -2.76. The van der Waals surface area contributed by atoms with E-state index in [4.69, 9.17) is 21.3 Å². The number of halogens is 1. The van der Waals surface area contributed by atoms with E-state index < -0.39 is 10.0 Å². The lowest BCUT2D eigenvalue weighted by Gasteiger charge is -2.26. The summed E-state index contributed by atoms with van der Waals surface area (Å²) < 4.78 is 36.9. The Kier molecular flexibility index (Phi) is 7.68. The van der Waals surface area contributed by atoms with Crippen LogP contribution in [0.4, 0.5) is 5.69 Å². The van der Waals surface area contributed by atoms with Gasteiger partial charge in [0.25, 0.3) is 0 Å². The fraction of sp³-hybridized carbons (Fsp3) is 0.280. The van der Waals surface area contributed by atoms with Crippen LogP contribution in [0.3, 0.4) is 0 Å². The molecule has 1 saturated heterocycles. The topological polar surface area (TPSA) is 81.7 Å². The molecule has 1 aliphatic rings. The molecule has 0 radical (unpaired) electrons. The zero-order valence-corrected chi connectivity index (χ0v) is 21.9. The molecule has 1 aliphatic heterocycles. The van der Waals surface area contributed by atoms with Crippen LogP contribution in [0.2, 0.25) is 5.02 Å². The van der Waals surface area contributed by atoms with Crippen molar-refractivity contribution in [3.8, 4) is 11.3 Å². The first-order valence-corrected chi connectivity index (χ1v) is 14.3. The molecule has 0 unspecified atom stereocenters. The molecule has 2 aromatic heterocycles. The van der Waals surface area contributed by atoms with Crippen LogP contribution < -0.4 is 4.80 Å². The van der Waals surface area contributed by atoms with Crippen molar-refractivity contribution >= 4 is 38.6 Å². The second-order valence-corrected chi connectivity index (χ2v) is 11.6. The fourth-order valence-electron chi connectivity index (χ4n) is 4.08. The number of hydrogen-bond donors (Lipinski definition) is 0. The molecule has 0 atom stereocenters. The number of benzene rings is 2. The molecule has 36 heavy (non-hydrogen) atoms. The highest BCUT2D eigenvalue weighted by Crippen LogP contribution is 2.25. The number of rotatable bonds is 8. The SMILES string of the molecule is O=S(=O)(c1ccc(N=c2scc(-c3cccc(Cl)c3)n2CCCn2ccnc2)cc1)N1CCOCC1. The van der Waals surface area contributed by atoms with Crippen LogP contribution in [0.5, 0.6) is 0 Å². The molecule has 1 fully saturated rings. The number of thiazole rings is 1. The van der Waals surface area contributed by atoms with Crippen molar-refractivity contribution in [2.45, 2.75) is 24.4 Å². The van der Waals surface area contributed by atoms with Gasteiger partial charge in [0.05, 0.1) is 35.8 Å². The molecule has 2 aromatic carbocycles. The average molecular weight is 544 g/mol. The predicted octanol–water partition coefficient (Wildman–Crippen LogP) is 4.41. The van der Waals surface area contributed by atoms with Crippen molar-refractivity contribution in [2.75, 3.05) is 26.3 Å². The van der Waals surface area contributed by atoms with Crippen LogP contribution in [0.1, 0.15) is 6.42 Å². The van der Waals surface area contributed by atoms with Crippen LogP contribution in [0.25, 0.3) is 11.3 Å². The van der Waals surface area contributed by atoms with Gasteiger partial charge in [-0.3, -0.25) is 0 Å². The van der Waals surface area contributed by atoms with E-state index in [9.17, 15) is 8.42 Å². The van der Waals surface area contributed by atoms with Crippen molar-refractivity contribution < 1.29 is 13.2 Å². The van der Waals surface area contributed by atoms with Gasteiger partial charge in [-0.2, -0.15) is 4.31 Å². The molecule has 3 heterocycles. The van der Waals surface area contributed by atoms with E-state index in [2.05, 4.69) is 19.5 Å². The normalized spacial score (nSPS) is 15.4. The van der Waals surface area contributed by atoms with Gasteiger partial charge in [-0.1, -0.05) is 23.7 Å². The minimum absolute atomic E-state index is 0.266. The molecule has 0 saturated carbocycles. The van der Waals surface area contributed by atoms with Gasteiger partial charge in [0.1, 0.15) is 0 Å². The lowest BCUT2D eigenvalue weighted by molar-refractivity contribution is 0.0730. The van der Waals surface area contributed by atoms with Gasteiger partial charge >= 0.3 is 0 Å². The summed E-state index contributed by atoms with van der Waals surface area (Å²) >= 11 is 7.81. The standard InChI is InChI=1S/C25H26ClN5O3S2/c26-21-4-1-3-20(17-21)24-18-35-25(31(24)11-2-10-29-12-9-27-19-29)28-22-5-7-23(8-6-22)36(32,33)30-13-15-34-16-14-30/h1,3-9,12,17-19H,2,10-11,13-16H2. The van der Waals surface area contributed by atoms with Crippen molar-refractivity contribution in [3.63, 3.8) is 0 Å². The third-order valence-corrected chi connectivity index (χ3v) is 8.96. The molecule has 0 bridgehead atoms. The highest BCUT2D eigenvalue weighted by molar-refractivity contribution is 7.89. The molecular weight excluding hydrogens is 518 g/mol. The molecule has 8 nitrogen and oxygen atoms in total. The lowest BCUT2D eigenvalue weighted by atomic mass is 10.2. The first-order valence-electron chi connectivity index (χ1n) is 11.6. The fourth-order valence-corrected chi connectivity index (χ4v) is 6.64. The molecule has 5 rings (SSSR count). The molecule has 11 heteroatoms. The van der Waals surface area contributed by atoms with Gasteiger partial charge in [0.2, 0.25) is 10.0 Å². The number of aryl methyl sites for hydroxylation is 1. The second-order valence-electron chi connectivity index (χ2n) is 8.34. The smallest absolute Gasteiger partial charge is 0.243 e. The van der Waals surface area contributed by atoms with Crippen molar-refractivity contribution in [2.24, 2.45) is 4.99 Å². The predicted molar refractivity (Wildman–Crippen MR) is 141 cm³/mol. The van der Waals surface area contributed by atoms with E-state index in [-0.39, 0.29) is 4.90 Å². The zero-order chi connectivity index (χ0) is 25.0. The Morgan fingerprint density at radius 1 is 1.08 bits per heavy atom. The van der Waals surface area contributed by atoms with Crippen molar-refractivity contribution in [1.29, 1.82) is 0 Å². The molecule has 0 aliphatic carbocycles. The van der Waals surface area contributed by atoms with E-state index in [1.165, 1.54) is 4.31 Å². The third-order valence-electron chi connectivity index (χ3n) is 5.94. The molecule has 0 spiro atoms. The number of nitrogens with zero attached hydrogens (tertiary/aromatic N) is 5. The molecular formula is C25H26ClN5O3S2. The summed E-state index contributed by atoms with van der Waals surface area (Å²) in [5.74, 6) is 0. The zero-order valence-electron chi connectivity index (χ0n) is 19.5. The summed E-state index contributed by atoms with van der Waals surface area (Å²) in [6.45, 7) is 3.17. The number of imidazole rings is 1. The van der Waals surface area contributed by atoms with Gasteiger partial charge in [0.15, 0.2) is 4.80 Å². The van der Waals surface area contributed by atoms with Gasteiger partial charge in [-0.15, -0.1) is 11.3 Å². The van der Waals surface area contributed by atoms with E-state index in [1.54, 1.807) is 41.8 Å². The van der Waals surface area contributed by atoms with Crippen molar-refractivity contribution in [3.05, 3.63) is 82.5 Å². The highest BCUT2D eigenvalue weighted by atomic mass is 35.5. The monoisotopic (exact) mass is 543 g/mol. The van der Waals surface area contributed by atoms with E-state index >= 15 is 0 Å². The summed E-state index contributed by atoms with van der Waals surface area (Å²) in [5, 5.41) is 2.76. The Labute approximate surface area is 219 Å². The Balaban J connectivity index is 1.44. The van der Waals surface area contributed by atoms with Gasteiger partial charge in [-0.05, 0) is 42.8 Å². The third kappa shape index (κ3) is 5.63. The van der Waals surface area contributed by atoms with Gasteiger partial charge < -0.3 is 13.9 Å². The first-order chi connectivity index (χ1) is 17.5. The summed E-state index contributed by atoms with van der Waals surface area (Å²) in [4.78, 5) is 10.1. The number of aromatic nitrogens is 3. The Bertz CT molecular complexity index is 1470. The van der Waals surface area contributed by atoms with Crippen LogP contribution in [-0.4, -0.2) is 53.1 Å². The maximum atomic E-state index is 12.9. The maximum Gasteiger partial charge on any atom is 0.243 e.